The van der Waals surface area contributed by atoms with Crippen LogP contribution >= 0.6 is 0 Å². The van der Waals surface area contributed by atoms with Crippen LogP contribution in [0.5, 0.6) is 0 Å². The van der Waals surface area contributed by atoms with Gasteiger partial charge in [-0.3, -0.25) is 10.1 Å². The average molecular weight is 387 g/mol. The Kier molecular flexibility index (Phi) is 7.79. The van der Waals surface area contributed by atoms with Crippen LogP contribution in [-0.2, 0) is 11.3 Å². The zero-order valence-corrected chi connectivity index (χ0v) is 16.9. The molecule has 2 rings (SSSR count). The summed E-state index contributed by atoms with van der Waals surface area (Å²) in [5, 5.41) is 16.0. The summed E-state index contributed by atoms with van der Waals surface area (Å²) in [6.07, 6.45) is 1.84. The van der Waals surface area contributed by atoms with E-state index in [0.29, 0.717) is 25.6 Å². The minimum absolute atomic E-state index is 0.401. The number of rotatable bonds is 7. The van der Waals surface area contributed by atoms with E-state index in [-0.39, 0.29) is 0 Å². The van der Waals surface area contributed by atoms with E-state index < -0.39 is 11.7 Å². The zero-order chi connectivity index (χ0) is 20.4. The topological polar surface area (TPSA) is 116 Å². The minimum atomic E-state index is -0.487. The number of nitrogens with one attached hydrogen (secondary N) is 4. The van der Waals surface area contributed by atoms with E-state index in [4.69, 9.17) is 4.74 Å². The van der Waals surface area contributed by atoms with Gasteiger partial charge in [0.1, 0.15) is 11.9 Å². The Bertz CT molecular complexity index is 767. The fraction of sp³-hybridized carbons (Fsp3) is 0.474. The van der Waals surface area contributed by atoms with Crippen LogP contribution in [0.25, 0.3) is 11.4 Å². The average Bonchev–Trinajstić information content (AvgIpc) is 3.17. The Morgan fingerprint density at radius 2 is 2.00 bits per heavy atom. The molecule has 1 heterocycles. The minimum Gasteiger partial charge on any atom is -0.444 e. The van der Waals surface area contributed by atoms with Gasteiger partial charge in [0.25, 0.3) is 0 Å². The van der Waals surface area contributed by atoms with E-state index in [1.807, 2.05) is 45.0 Å². The van der Waals surface area contributed by atoms with Gasteiger partial charge in [-0.15, -0.1) is 0 Å². The summed E-state index contributed by atoms with van der Waals surface area (Å²) in [7, 11) is 1.72. The number of carbonyl (C=O) groups is 1. The maximum atomic E-state index is 11.6. The SMILES string of the molecule is CN=C(NCCCNC(=O)OC(C)(C)C)NCc1cccc(-c2ncn[nH]2)c1. The molecular formula is C19H29N7O2. The van der Waals surface area contributed by atoms with Crippen LogP contribution in [-0.4, -0.2) is 53.0 Å². The molecule has 1 aromatic carbocycles. The summed E-state index contributed by atoms with van der Waals surface area (Å²) < 4.78 is 5.19. The van der Waals surface area contributed by atoms with Crippen LogP contribution < -0.4 is 16.0 Å². The first-order chi connectivity index (χ1) is 13.4. The number of amides is 1. The van der Waals surface area contributed by atoms with Crippen molar-refractivity contribution in [2.75, 3.05) is 20.1 Å². The molecule has 0 fully saturated rings. The van der Waals surface area contributed by atoms with Crippen molar-refractivity contribution in [1.82, 2.24) is 31.1 Å². The van der Waals surface area contributed by atoms with Crippen LogP contribution in [0.2, 0.25) is 0 Å². The Labute approximate surface area is 165 Å². The standard InChI is InChI=1S/C19H29N7O2/c1-19(2,3)28-18(27)22-10-6-9-21-17(20-4)23-12-14-7-5-8-15(11-14)16-24-13-25-26-16/h5,7-8,11,13H,6,9-10,12H2,1-4H3,(H,22,27)(H2,20,21,23)(H,24,25,26). The first-order valence-electron chi connectivity index (χ1n) is 9.23. The molecule has 0 aliphatic rings. The third-order valence-corrected chi connectivity index (χ3v) is 3.61. The number of carbonyl (C=O) groups excluding carboxylic acids is 1. The molecule has 28 heavy (non-hydrogen) atoms. The molecule has 1 amide bonds. The summed E-state index contributed by atoms with van der Waals surface area (Å²) in [6, 6.07) is 8.04. The molecular weight excluding hydrogens is 358 g/mol. The van der Waals surface area contributed by atoms with Gasteiger partial charge in [-0.1, -0.05) is 18.2 Å². The lowest BCUT2D eigenvalue weighted by atomic mass is 10.1. The summed E-state index contributed by atoms with van der Waals surface area (Å²) in [5.41, 5.74) is 1.59. The zero-order valence-electron chi connectivity index (χ0n) is 16.9. The van der Waals surface area contributed by atoms with Crippen molar-refractivity contribution in [3.8, 4) is 11.4 Å². The predicted molar refractivity (Wildman–Crippen MR) is 109 cm³/mol. The number of ether oxygens (including phenoxy) is 1. The lowest BCUT2D eigenvalue weighted by Crippen LogP contribution is -2.39. The number of benzene rings is 1. The second-order valence-electron chi connectivity index (χ2n) is 7.17. The number of hydrogen-bond donors (Lipinski definition) is 4. The molecule has 0 saturated carbocycles. The highest BCUT2D eigenvalue weighted by molar-refractivity contribution is 5.79. The molecule has 0 saturated heterocycles. The second kappa shape index (κ2) is 10.3. The highest BCUT2D eigenvalue weighted by atomic mass is 16.6. The van der Waals surface area contributed by atoms with E-state index in [1.165, 1.54) is 6.33 Å². The normalized spacial score (nSPS) is 11.8. The van der Waals surface area contributed by atoms with E-state index in [2.05, 4.69) is 36.1 Å². The van der Waals surface area contributed by atoms with Gasteiger partial charge in [0, 0.05) is 32.2 Å². The smallest absolute Gasteiger partial charge is 0.407 e. The van der Waals surface area contributed by atoms with Crippen molar-refractivity contribution in [2.45, 2.75) is 39.3 Å². The van der Waals surface area contributed by atoms with E-state index >= 15 is 0 Å². The van der Waals surface area contributed by atoms with Gasteiger partial charge in [-0.05, 0) is 38.8 Å². The van der Waals surface area contributed by atoms with E-state index in [9.17, 15) is 4.79 Å². The number of guanidine groups is 1. The number of aromatic amines is 1. The van der Waals surface area contributed by atoms with Gasteiger partial charge in [-0.2, -0.15) is 5.10 Å². The lowest BCUT2D eigenvalue weighted by molar-refractivity contribution is 0.0527. The number of aliphatic imine (C=N–C) groups is 1. The van der Waals surface area contributed by atoms with Crippen LogP contribution in [0.15, 0.2) is 35.6 Å². The van der Waals surface area contributed by atoms with Crippen molar-refractivity contribution >= 4 is 12.1 Å². The molecule has 152 valence electrons. The molecule has 2 aromatic rings. The van der Waals surface area contributed by atoms with Crippen molar-refractivity contribution in [1.29, 1.82) is 0 Å². The molecule has 4 N–H and O–H groups in total. The quantitative estimate of drug-likeness (QED) is 0.328. The van der Waals surface area contributed by atoms with Crippen LogP contribution in [0, 0.1) is 0 Å². The molecule has 1 aromatic heterocycles. The predicted octanol–water partition coefficient (Wildman–Crippen LogP) is 2.05. The van der Waals surface area contributed by atoms with Gasteiger partial charge in [0.05, 0.1) is 0 Å². The molecule has 9 nitrogen and oxygen atoms in total. The Balaban J connectivity index is 1.69. The fourth-order valence-corrected chi connectivity index (χ4v) is 2.38. The van der Waals surface area contributed by atoms with Gasteiger partial charge in [-0.25, -0.2) is 9.78 Å². The molecule has 0 aliphatic carbocycles. The summed E-state index contributed by atoms with van der Waals surface area (Å²) >= 11 is 0. The van der Waals surface area contributed by atoms with E-state index in [1.54, 1.807) is 7.05 Å². The van der Waals surface area contributed by atoms with Crippen molar-refractivity contribution < 1.29 is 9.53 Å². The first kappa shape index (κ1) is 21.2. The fourth-order valence-electron chi connectivity index (χ4n) is 2.38. The van der Waals surface area contributed by atoms with Crippen LogP contribution in [0.3, 0.4) is 0 Å². The highest BCUT2D eigenvalue weighted by Gasteiger charge is 2.15. The van der Waals surface area contributed by atoms with Gasteiger partial charge < -0.3 is 20.7 Å². The van der Waals surface area contributed by atoms with Crippen LogP contribution in [0.4, 0.5) is 4.79 Å². The number of aromatic nitrogens is 3. The maximum Gasteiger partial charge on any atom is 0.407 e. The van der Waals surface area contributed by atoms with Crippen molar-refractivity contribution in [3.63, 3.8) is 0 Å². The first-order valence-corrected chi connectivity index (χ1v) is 9.23. The molecule has 0 atom stereocenters. The van der Waals surface area contributed by atoms with E-state index in [0.717, 1.165) is 23.4 Å². The summed E-state index contributed by atoms with van der Waals surface area (Å²) in [6.45, 7) is 7.34. The van der Waals surface area contributed by atoms with Gasteiger partial charge >= 0.3 is 6.09 Å². The largest absolute Gasteiger partial charge is 0.444 e. The summed E-state index contributed by atoms with van der Waals surface area (Å²) in [4.78, 5) is 20.0. The molecule has 0 unspecified atom stereocenters. The molecule has 9 heteroatoms. The van der Waals surface area contributed by atoms with Crippen LogP contribution in [0.1, 0.15) is 32.8 Å². The number of alkyl carbamates (subject to hydrolysis) is 1. The second-order valence-corrected chi connectivity index (χ2v) is 7.17. The molecule has 0 radical (unpaired) electrons. The Hall–Kier alpha value is -3.10. The maximum absolute atomic E-state index is 11.6. The monoisotopic (exact) mass is 387 g/mol. The van der Waals surface area contributed by atoms with Crippen molar-refractivity contribution in [2.24, 2.45) is 4.99 Å². The third-order valence-electron chi connectivity index (χ3n) is 3.61. The number of H-pyrrole nitrogens is 1. The molecule has 0 bridgehead atoms. The highest BCUT2D eigenvalue weighted by Crippen LogP contribution is 2.15. The van der Waals surface area contributed by atoms with Gasteiger partial charge in [0.2, 0.25) is 0 Å². The lowest BCUT2D eigenvalue weighted by Gasteiger charge is -2.19. The van der Waals surface area contributed by atoms with Crippen molar-refractivity contribution in [3.05, 3.63) is 36.2 Å². The third kappa shape index (κ3) is 7.65. The Morgan fingerprint density at radius 1 is 1.21 bits per heavy atom. The number of nitrogens with zero attached hydrogens (tertiary/aromatic N) is 3. The number of hydrogen-bond acceptors (Lipinski definition) is 5. The molecule has 0 aliphatic heterocycles. The Morgan fingerprint density at radius 3 is 2.68 bits per heavy atom. The molecule has 0 spiro atoms. The summed E-state index contributed by atoms with van der Waals surface area (Å²) in [5.74, 6) is 1.43. The van der Waals surface area contributed by atoms with Gasteiger partial charge in [0.15, 0.2) is 11.8 Å².